The summed E-state index contributed by atoms with van der Waals surface area (Å²) in [7, 11) is 0. The molecule has 4 rings (SSSR count). The third-order valence-electron chi connectivity index (χ3n) is 14.7. The molecule has 0 saturated heterocycles. The summed E-state index contributed by atoms with van der Waals surface area (Å²) in [6, 6.07) is 0. The van der Waals surface area contributed by atoms with E-state index in [1.54, 1.807) is 5.57 Å². The molecule has 4 aliphatic rings. The predicted molar refractivity (Wildman–Crippen MR) is 207 cm³/mol. The fraction of sp³-hybridized carbons (Fsp3) is 0.848. The van der Waals surface area contributed by atoms with Crippen LogP contribution in [0, 0.1) is 52.3 Å². The van der Waals surface area contributed by atoms with E-state index in [9.17, 15) is 4.79 Å². The van der Waals surface area contributed by atoms with Crippen LogP contribution >= 0.6 is 0 Å². The fourth-order valence-electron chi connectivity index (χ4n) is 11.1. The first kappa shape index (κ1) is 39.5. The highest BCUT2D eigenvalue weighted by atomic mass is 16.5. The molecule has 0 N–H and O–H groups in total. The highest BCUT2D eigenvalue weighted by Gasteiger charge is 2.59. The van der Waals surface area contributed by atoms with Crippen LogP contribution in [0.2, 0.25) is 0 Å². The average molecular weight is 663 g/mol. The van der Waals surface area contributed by atoms with Crippen LogP contribution in [0.3, 0.4) is 0 Å². The molecule has 0 spiro atoms. The third kappa shape index (κ3) is 10.4. The number of esters is 1. The quantitative estimate of drug-likeness (QED) is 0.0561. The van der Waals surface area contributed by atoms with E-state index in [0.29, 0.717) is 17.3 Å². The maximum absolute atomic E-state index is 12.8. The van der Waals surface area contributed by atoms with Crippen molar-refractivity contribution in [2.75, 3.05) is 0 Å². The molecule has 0 amide bonds. The molecule has 0 aromatic carbocycles. The van der Waals surface area contributed by atoms with Crippen LogP contribution in [-0.2, 0) is 9.53 Å². The number of hydrogen-bond acceptors (Lipinski definition) is 2. The van der Waals surface area contributed by atoms with Gasteiger partial charge in [-0.25, -0.2) is 0 Å². The Bertz CT molecular complexity index is 1050. The molecule has 0 heterocycles. The van der Waals surface area contributed by atoms with Crippen LogP contribution in [0.25, 0.3) is 0 Å². The maximum Gasteiger partial charge on any atom is 0.306 e. The van der Waals surface area contributed by atoms with Gasteiger partial charge in [-0.1, -0.05) is 136 Å². The summed E-state index contributed by atoms with van der Waals surface area (Å²) in [5.74, 6) is 6.06. The van der Waals surface area contributed by atoms with Crippen LogP contribution in [0.5, 0.6) is 0 Å². The number of allylic oxidation sites excluding steroid dienone is 5. The van der Waals surface area contributed by atoms with Crippen molar-refractivity contribution in [3.05, 3.63) is 36.0 Å². The summed E-state index contributed by atoms with van der Waals surface area (Å²) >= 11 is 0. The van der Waals surface area contributed by atoms with Crippen molar-refractivity contribution in [2.45, 2.75) is 196 Å². The summed E-state index contributed by atoms with van der Waals surface area (Å²) in [6.07, 6.45) is 39.1. The molecule has 3 fully saturated rings. The van der Waals surface area contributed by atoms with Crippen LogP contribution in [-0.4, -0.2) is 12.1 Å². The van der Waals surface area contributed by atoms with E-state index in [-0.39, 0.29) is 12.1 Å². The van der Waals surface area contributed by atoms with E-state index < -0.39 is 0 Å². The number of ether oxygens (including phenoxy) is 1. The lowest BCUT2D eigenvalue weighted by atomic mass is 9.47. The summed E-state index contributed by atoms with van der Waals surface area (Å²) in [5, 5.41) is 0. The second-order valence-electron chi connectivity index (χ2n) is 18.1. The van der Waals surface area contributed by atoms with Gasteiger partial charge in [0.2, 0.25) is 0 Å². The Morgan fingerprint density at radius 1 is 0.833 bits per heavy atom. The predicted octanol–water partition coefficient (Wildman–Crippen LogP) is 14.0. The van der Waals surface area contributed by atoms with Crippen LogP contribution in [0.1, 0.15) is 190 Å². The van der Waals surface area contributed by atoms with Crippen molar-refractivity contribution in [1.82, 2.24) is 0 Å². The van der Waals surface area contributed by atoms with Crippen LogP contribution in [0.15, 0.2) is 36.0 Å². The second kappa shape index (κ2) is 19.3. The highest BCUT2D eigenvalue weighted by molar-refractivity contribution is 5.69. The van der Waals surface area contributed by atoms with E-state index in [1.165, 1.54) is 103 Å². The lowest BCUT2D eigenvalue weighted by Crippen LogP contribution is -2.51. The van der Waals surface area contributed by atoms with Crippen molar-refractivity contribution in [2.24, 2.45) is 52.3 Å². The zero-order valence-corrected chi connectivity index (χ0v) is 32.9. The molecule has 274 valence electrons. The van der Waals surface area contributed by atoms with Gasteiger partial charge in [0.25, 0.3) is 0 Å². The van der Waals surface area contributed by atoms with E-state index >= 15 is 0 Å². The molecular weight excluding hydrogens is 585 g/mol. The van der Waals surface area contributed by atoms with Gasteiger partial charge in [0.15, 0.2) is 0 Å². The summed E-state index contributed by atoms with van der Waals surface area (Å²) in [6.45, 7) is 17.4. The van der Waals surface area contributed by atoms with Crippen LogP contribution in [0.4, 0.5) is 0 Å². The summed E-state index contributed by atoms with van der Waals surface area (Å²) in [4.78, 5) is 12.8. The molecule has 4 aliphatic carbocycles. The number of carbonyl (C=O) groups is 1. The molecule has 2 heteroatoms. The monoisotopic (exact) mass is 663 g/mol. The highest BCUT2D eigenvalue weighted by Crippen LogP contribution is 2.67. The zero-order chi connectivity index (χ0) is 34.6. The second-order valence-corrected chi connectivity index (χ2v) is 18.1. The minimum Gasteiger partial charge on any atom is -0.462 e. The normalized spacial score (nSPS) is 33.0. The number of hydrogen-bond donors (Lipinski definition) is 0. The van der Waals surface area contributed by atoms with E-state index in [0.717, 1.165) is 73.5 Å². The first-order chi connectivity index (χ1) is 23.1. The smallest absolute Gasteiger partial charge is 0.306 e. The minimum atomic E-state index is 0.0460. The first-order valence-electron chi connectivity index (χ1n) is 21.3. The Morgan fingerprint density at radius 2 is 1.52 bits per heavy atom. The Labute approximate surface area is 298 Å². The van der Waals surface area contributed by atoms with Crippen molar-refractivity contribution < 1.29 is 9.53 Å². The van der Waals surface area contributed by atoms with Gasteiger partial charge in [-0.3, -0.25) is 4.79 Å². The fourth-order valence-corrected chi connectivity index (χ4v) is 11.1. The molecular formula is C46H78O2. The number of unbranched alkanes of at least 4 members (excludes halogenated alkanes) is 9. The summed E-state index contributed by atoms with van der Waals surface area (Å²) in [5.41, 5.74) is 2.50. The molecule has 0 aromatic rings. The molecule has 3 saturated carbocycles. The molecule has 0 aromatic heterocycles. The number of rotatable bonds is 20. The molecule has 0 radical (unpaired) electrons. The van der Waals surface area contributed by atoms with Gasteiger partial charge < -0.3 is 4.74 Å². The van der Waals surface area contributed by atoms with Gasteiger partial charge in [0, 0.05) is 12.8 Å². The number of carbonyl (C=O) groups excluding carboxylic acids is 1. The van der Waals surface area contributed by atoms with Crippen molar-refractivity contribution in [1.29, 1.82) is 0 Å². The molecule has 9 atom stereocenters. The van der Waals surface area contributed by atoms with Gasteiger partial charge in [-0.15, -0.1) is 0 Å². The van der Waals surface area contributed by atoms with E-state index in [4.69, 9.17) is 4.74 Å². The van der Waals surface area contributed by atoms with Crippen molar-refractivity contribution in [3.8, 4) is 0 Å². The Morgan fingerprint density at radius 3 is 2.23 bits per heavy atom. The molecule has 0 unspecified atom stereocenters. The molecule has 48 heavy (non-hydrogen) atoms. The van der Waals surface area contributed by atoms with E-state index in [2.05, 4.69) is 78.8 Å². The molecule has 0 bridgehead atoms. The van der Waals surface area contributed by atoms with Crippen LogP contribution < -0.4 is 0 Å². The Kier molecular flexibility index (Phi) is 15.9. The third-order valence-corrected chi connectivity index (χ3v) is 14.7. The van der Waals surface area contributed by atoms with Gasteiger partial charge in [0.05, 0.1) is 0 Å². The SMILES string of the molecule is CCCCCC/C=C/C=C\CCCCCCCC(=O)O[C@H]1CC[C@@]2(C)C(=CC[C@H]3[C@@H]4CC[C@H]([C@H](C)CC[C@@H](C)C(C)C)[C@@]4(C)CC[C@@H]32)C1. The van der Waals surface area contributed by atoms with Gasteiger partial charge in [-0.2, -0.15) is 0 Å². The Hall–Kier alpha value is -1.31. The minimum absolute atomic E-state index is 0.0460. The largest absolute Gasteiger partial charge is 0.462 e. The summed E-state index contributed by atoms with van der Waals surface area (Å²) < 4.78 is 6.13. The average Bonchev–Trinajstić information content (AvgIpc) is 3.42. The maximum atomic E-state index is 12.8. The van der Waals surface area contributed by atoms with Crippen molar-refractivity contribution in [3.63, 3.8) is 0 Å². The lowest BCUT2D eigenvalue weighted by molar-refractivity contribution is -0.151. The lowest BCUT2D eigenvalue weighted by Gasteiger charge is -2.58. The molecule has 0 aliphatic heterocycles. The molecule has 2 nitrogen and oxygen atoms in total. The van der Waals surface area contributed by atoms with E-state index in [1.807, 2.05) is 0 Å². The topological polar surface area (TPSA) is 26.3 Å². The standard InChI is InChI=1S/C46H78O2/c1-8-9-10-11-12-13-14-15-16-17-18-19-20-21-22-23-44(47)48-39-30-32-45(6)38(34-39)26-27-40-42-29-28-41(46(42,7)33-31-43(40)45)37(5)25-24-36(4)35(2)3/h13-16,26,35-37,39-43H,8-12,17-25,27-34H2,1-7H3/b14-13+,16-15-/t36-,37-,39+,40+,41-,42+,43+,45+,46-/m1/s1. The zero-order valence-electron chi connectivity index (χ0n) is 32.9. The Balaban J connectivity index is 1.14. The van der Waals surface area contributed by atoms with Gasteiger partial charge in [0.1, 0.15) is 6.10 Å². The van der Waals surface area contributed by atoms with Gasteiger partial charge >= 0.3 is 5.97 Å². The first-order valence-corrected chi connectivity index (χ1v) is 21.3. The number of fused-ring (bicyclic) bond motifs is 5. The van der Waals surface area contributed by atoms with Gasteiger partial charge in [-0.05, 0) is 129 Å². The van der Waals surface area contributed by atoms with Crippen molar-refractivity contribution >= 4 is 5.97 Å².